The number of hydrogen-bond donors (Lipinski definition) is 1. The number of ether oxygens (including phenoxy) is 1. The molecule has 0 fully saturated rings. The van der Waals surface area contributed by atoms with Gasteiger partial charge in [0.1, 0.15) is 5.75 Å². The lowest BCUT2D eigenvalue weighted by molar-refractivity contribution is 0.168. The van der Waals surface area contributed by atoms with Crippen molar-refractivity contribution in [1.82, 2.24) is 4.90 Å². The van der Waals surface area contributed by atoms with Crippen LogP contribution < -0.4 is 10.5 Å². The van der Waals surface area contributed by atoms with Gasteiger partial charge in [-0.2, -0.15) is 0 Å². The van der Waals surface area contributed by atoms with Gasteiger partial charge in [-0.05, 0) is 44.0 Å². The second kappa shape index (κ2) is 7.51. The first kappa shape index (κ1) is 16.0. The van der Waals surface area contributed by atoms with Gasteiger partial charge < -0.3 is 10.5 Å². The van der Waals surface area contributed by atoms with Gasteiger partial charge in [0.25, 0.3) is 0 Å². The summed E-state index contributed by atoms with van der Waals surface area (Å²) < 4.78 is 5.29. The predicted molar refractivity (Wildman–Crippen MR) is 81.5 cm³/mol. The van der Waals surface area contributed by atoms with Crippen molar-refractivity contribution in [2.75, 3.05) is 20.7 Å². The molecule has 1 rings (SSSR count). The van der Waals surface area contributed by atoms with Gasteiger partial charge in [0.2, 0.25) is 0 Å². The highest BCUT2D eigenvalue weighted by Crippen LogP contribution is 2.25. The summed E-state index contributed by atoms with van der Waals surface area (Å²) in [6, 6.07) is 8.95. The van der Waals surface area contributed by atoms with Gasteiger partial charge >= 0.3 is 0 Å². The maximum absolute atomic E-state index is 5.98. The highest BCUT2D eigenvalue weighted by Gasteiger charge is 2.21. The quantitative estimate of drug-likeness (QED) is 0.822. The zero-order valence-electron chi connectivity index (χ0n) is 12.9. The lowest BCUT2D eigenvalue weighted by Gasteiger charge is -2.33. The van der Waals surface area contributed by atoms with Crippen molar-refractivity contribution in [3.8, 4) is 5.75 Å². The van der Waals surface area contributed by atoms with Crippen LogP contribution in [0.1, 0.15) is 38.8 Å². The minimum Gasteiger partial charge on any atom is -0.497 e. The Labute approximate surface area is 117 Å². The first-order valence-electron chi connectivity index (χ1n) is 7.05. The molecule has 3 nitrogen and oxygen atoms in total. The second-order valence-electron chi connectivity index (χ2n) is 5.67. The molecule has 19 heavy (non-hydrogen) atoms. The van der Waals surface area contributed by atoms with Crippen LogP contribution in [-0.2, 0) is 0 Å². The highest BCUT2D eigenvalue weighted by molar-refractivity contribution is 5.30. The average Bonchev–Trinajstić information content (AvgIpc) is 2.39. The summed E-state index contributed by atoms with van der Waals surface area (Å²) in [6.07, 6.45) is 1.18. The molecule has 2 N–H and O–H groups in total. The topological polar surface area (TPSA) is 38.5 Å². The van der Waals surface area contributed by atoms with Crippen LogP contribution in [0.15, 0.2) is 24.3 Å². The Balaban J connectivity index is 2.86. The molecular formula is C16H28N2O. The van der Waals surface area contributed by atoms with Crippen LogP contribution >= 0.6 is 0 Å². The van der Waals surface area contributed by atoms with E-state index in [1.54, 1.807) is 7.11 Å². The molecule has 108 valence electrons. The fourth-order valence-corrected chi connectivity index (χ4v) is 2.54. The Bertz CT molecular complexity index is 379. The first-order valence-corrected chi connectivity index (χ1v) is 7.05. The van der Waals surface area contributed by atoms with Crippen molar-refractivity contribution < 1.29 is 4.74 Å². The molecule has 2 atom stereocenters. The molecule has 1 aromatic carbocycles. The largest absolute Gasteiger partial charge is 0.497 e. The molecule has 0 aliphatic rings. The Morgan fingerprint density at radius 1 is 1.26 bits per heavy atom. The number of hydrogen-bond acceptors (Lipinski definition) is 3. The molecule has 3 heteroatoms. The summed E-state index contributed by atoms with van der Waals surface area (Å²) in [4.78, 5) is 2.37. The molecule has 0 spiro atoms. The molecule has 0 radical (unpaired) electrons. The van der Waals surface area contributed by atoms with Crippen molar-refractivity contribution in [2.24, 2.45) is 11.7 Å². The lowest BCUT2D eigenvalue weighted by Crippen LogP contribution is -2.37. The predicted octanol–water partition coefficient (Wildman–Crippen LogP) is 3.06. The summed E-state index contributed by atoms with van der Waals surface area (Å²) >= 11 is 0. The number of rotatable bonds is 7. The van der Waals surface area contributed by atoms with Crippen LogP contribution in [0.25, 0.3) is 0 Å². The number of benzene rings is 1. The third-order valence-electron chi connectivity index (χ3n) is 3.70. The van der Waals surface area contributed by atoms with Crippen molar-refractivity contribution in [3.05, 3.63) is 29.8 Å². The summed E-state index contributed by atoms with van der Waals surface area (Å²) in [7, 11) is 3.85. The fraction of sp³-hybridized carbons (Fsp3) is 0.625. The molecule has 1 aromatic rings. The van der Waals surface area contributed by atoms with E-state index >= 15 is 0 Å². The summed E-state index contributed by atoms with van der Waals surface area (Å²) in [5, 5.41) is 0. The summed E-state index contributed by atoms with van der Waals surface area (Å²) in [5.74, 6) is 1.59. The lowest BCUT2D eigenvalue weighted by atomic mass is 9.99. The highest BCUT2D eigenvalue weighted by atomic mass is 16.5. The zero-order chi connectivity index (χ0) is 14.4. The number of nitrogens with two attached hydrogens (primary N) is 1. The Kier molecular flexibility index (Phi) is 6.32. The van der Waals surface area contributed by atoms with E-state index in [0.717, 1.165) is 5.75 Å². The molecule has 0 heterocycles. The van der Waals surface area contributed by atoms with Crippen LogP contribution in [0.4, 0.5) is 0 Å². The fourth-order valence-electron chi connectivity index (χ4n) is 2.54. The molecule has 0 bridgehead atoms. The third-order valence-corrected chi connectivity index (χ3v) is 3.70. The van der Waals surface area contributed by atoms with Crippen molar-refractivity contribution >= 4 is 0 Å². The van der Waals surface area contributed by atoms with Crippen LogP contribution in [-0.4, -0.2) is 31.6 Å². The van der Waals surface area contributed by atoms with E-state index in [0.29, 0.717) is 18.5 Å². The van der Waals surface area contributed by atoms with E-state index in [-0.39, 0.29) is 6.04 Å². The van der Waals surface area contributed by atoms with E-state index < -0.39 is 0 Å². The molecular weight excluding hydrogens is 236 g/mol. The molecule has 0 aromatic heterocycles. The molecule has 0 saturated carbocycles. The van der Waals surface area contributed by atoms with E-state index in [2.05, 4.69) is 44.9 Å². The zero-order valence-corrected chi connectivity index (χ0v) is 12.9. The normalized spacial score (nSPS) is 14.7. The number of nitrogens with zero attached hydrogens (tertiary/aromatic N) is 1. The molecule has 0 aliphatic carbocycles. The molecule has 0 aliphatic heterocycles. The van der Waals surface area contributed by atoms with E-state index in [4.69, 9.17) is 10.5 Å². The minimum atomic E-state index is 0.240. The monoisotopic (exact) mass is 264 g/mol. The maximum Gasteiger partial charge on any atom is 0.119 e. The Morgan fingerprint density at radius 2 is 1.95 bits per heavy atom. The van der Waals surface area contributed by atoms with Crippen molar-refractivity contribution in [1.29, 1.82) is 0 Å². The van der Waals surface area contributed by atoms with Crippen LogP contribution in [0.3, 0.4) is 0 Å². The summed E-state index contributed by atoms with van der Waals surface area (Å²) in [6.45, 7) is 7.40. The van der Waals surface area contributed by atoms with E-state index in [9.17, 15) is 0 Å². The van der Waals surface area contributed by atoms with Crippen molar-refractivity contribution in [2.45, 2.75) is 39.3 Å². The second-order valence-corrected chi connectivity index (χ2v) is 5.67. The van der Waals surface area contributed by atoms with Crippen LogP contribution in [0.2, 0.25) is 0 Å². The standard InChI is InChI=1S/C16H28N2O/c1-12(2)9-13(3)18(4)16(11-17)14-7-6-8-15(10-14)19-5/h6-8,10,12-13,16H,9,11,17H2,1-5H3. The smallest absolute Gasteiger partial charge is 0.119 e. The van der Waals surface area contributed by atoms with Gasteiger partial charge in [0.05, 0.1) is 7.11 Å². The van der Waals surface area contributed by atoms with Gasteiger partial charge in [-0.15, -0.1) is 0 Å². The van der Waals surface area contributed by atoms with Gasteiger partial charge in [0.15, 0.2) is 0 Å². The Morgan fingerprint density at radius 3 is 2.47 bits per heavy atom. The number of methoxy groups -OCH3 is 1. The average molecular weight is 264 g/mol. The van der Waals surface area contributed by atoms with E-state index in [1.165, 1.54) is 12.0 Å². The van der Waals surface area contributed by atoms with Crippen LogP contribution in [0.5, 0.6) is 5.75 Å². The van der Waals surface area contributed by atoms with Gasteiger partial charge in [-0.3, -0.25) is 4.90 Å². The summed E-state index contributed by atoms with van der Waals surface area (Å²) in [5.41, 5.74) is 7.21. The minimum absolute atomic E-state index is 0.240. The van der Waals surface area contributed by atoms with Gasteiger partial charge in [-0.25, -0.2) is 0 Å². The SMILES string of the molecule is COc1cccc(C(CN)N(C)C(C)CC(C)C)c1. The van der Waals surface area contributed by atoms with Gasteiger partial charge in [0, 0.05) is 18.6 Å². The maximum atomic E-state index is 5.98. The van der Waals surface area contributed by atoms with Gasteiger partial charge in [-0.1, -0.05) is 26.0 Å². The molecule has 0 saturated heterocycles. The Hall–Kier alpha value is -1.06. The first-order chi connectivity index (χ1) is 8.99. The van der Waals surface area contributed by atoms with E-state index in [1.807, 2.05) is 12.1 Å². The molecule has 0 amide bonds. The third kappa shape index (κ3) is 4.51. The molecule has 2 unspecified atom stereocenters. The van der Waals surface area contributed by atoms with Crippen LogP contribution in [0, 0.1) is 5.92 Å². The van der Waals surface area contributed by atoms with Crippen molar-refractivity contribution in [3.63, 3.8) is 0 Å². The number of likely N-dealkylation sites (N-methyl/N-ethyl adjacent to an activating group) is 1.